The van der Waals surface area contributed by atoms with Gasteiger partial charge in [0, 0.05) is 0 Å². The molecule has 3 aromatic rings. The van der Waals surface area contributed by atoms with Crippen LogP contribution in [0.25, 0.3) is 11.1 Å². The Labute approximate surface area is 160 Å². The smallest absolute Gasteiger partial charge is 0.320 e. The van der Waals surface area contributed by atoms with E-state index in [0.29, 0.717) is 16.3 Å². The van der Waals surface area contributed by atoms with Crippen molar-refractivity contribution >= 4 is 34.8 Å². The van der Waals surface area contributed by atoms with E-state index in [1.807, 2.05) is 48.5 Å². The summed E-state index contributed by atoms with van der Waals surface area (Å²) in [5, 5.41) is -0.480. The zero-order chi connectivity index (χ0) is 19.1. The van der Waals surface area contributed by atoms with Crippen molar-refractivity contribution in [3.63, 3.8) is 0 Å². The second kappa shape index (κ2) is 9.23. The number of benzene rings is 2. The fourth-order valence-electron chi connectivity index (χ4n) is 2.38. The summed E-state index contributed by atoms with van der Waals surface area (Å²) in [6, 6.07) is 16.7. The van der Waals surface area contributed by atoms with Crippen LogP contribution in [0.4, 0.5) is 0 Å². The molecule has 1 aromatic heterocycles. The van der Waals surface area contributed by atoms with Crippen LogP contribution in [-0.2, 0) is 25.7 Å². The summed E-state index contributed by atoms with van der Waals surface area (Å²) >= 11 is 1.06. The van der Waals surface area contributed by atoms with Gasteiger partial charge < -0.3 is 13.9 Å². The molecule has 6 nitrogen and oxygen atoms in total. The molecular formula is C20H19NO5S. The van der Waals surface area contributed by atoms with Crippen molar-refractivity contribution in [3.8, 4) is 0 Å². The maximum Gasteiger partial charge on any atom is 0.320 e. The summed E-state index contributed by atoms with van der Waals surface area (Å²) in [7, 11) is 0. The maximum atomic E-state index is 12.3. The zero-order valence-electron chi connectivity index (χ0n) is 14.8. The molecule has 1 unspecified atom stereocenters. The van der Waals surface area contributed by atoms with Crippen LogP contribution < -0.4 is 0 Å². The number of oxazole rings is 1. The highest BCUT2D eigenvalue weighted by Crippen LogP contribution is 2.29. The lowest BCUT2D eigenvalue weighted by Crippen LogP contribution is -2.24. The van der Waals surface area contributed by atoms with Crippen molar-refractivity contribution in [1.82, 2.24) is 4.98 Å². The van der Waals surface area contributed by atoms with Crippen LogP contribution in [0.1, 0.15) is 18.9 Å². The summed E-state index contributed by atoms with van der Waals surface area (Å²) in [5.74, 6) is -0.984. The molecular weight excluding hydrogens is 366 g/mol. The third-order valence-electron chi connectivity index (χ3n) is 3.66. The number of hydrogen-bond acceptors (Lipinski definition) is 7. The second-order valence-electron chi connectivity index (χ2n) is 5.66. The standard InChI is InChI=1S/C20H19NO5S/c1-2-24-19(23)17(12-18(22)25-13-14-8-4-3-5-9-14)27-20-21-15-10-6-7-11-16(15)26-20/h3-11,17H,2,12-13H2,1H3. The number of fused-ring (bicyclic) bond motifs is 1. The molecule has 0 fully saturated rings. The first-order valence-electron chi connectivity index (χ1n) is 8.54. The van der Waals surface area contributed by atoms with Gasteiger partial charge in [-0.05, 0) is 24.6 Å². The Bertz CT molecular complexity index is 876. The largest absolute Gasteiger partial charge is 0.465 e. The van der Waals surface area contributed by atoms with Crippen molar-refractivity contribution in [2.75, 3.05) is 6.61 Å². The van der Waals surface area contributed by atoms with Gasteiger partial charge in [-0.2, -0.15) is 0 Å². The van der Waals surface area contributed by atoms with E-state index in [2.05, 4.69) is 4.98 Å². The topological polar surface area (TPSA) is 78.6 Å². The van der Waals surface area contributed by atoms with E-state index in [0.717, 1.165) is 17.3 Å². The van der Waals surface area contributed by atoms with Gasteiger partial charge in [-0.3, -0.25) is 9.59 Å². The third-order valence-corrected chi connectivity index (χ3v) is 4.68. The monoisotopic (exact) mass is 385 g/mol. The van der Waals surface area contributed by atoms with Crippen molar-refractivity contribution in [2.45, 2.75) is 30.4 Å². The molecule has 0 aliphatic heterocycles. The average molecular weight is 385 g/mol. The number of carbonyl (C=O) groups excluding carboxylic acids is 2. The average Bonchev–Trinajstić information content (AvgIpc) is 3.09. The lowest BCUT2D eigenvalue weighted by Gasteiger charge is -2.13. The van der Waals surface area contributed by atoms with Crippen LogP contribution in [0.2, 0.25) is 0 Å². The normalized spacial score (nSPS) is 11.9. The Kier molecular flexibility index (Phi) is 6.49. The van der Waals surface area contributed by atoms with Gasteiger partial charge in [0.05, 0.1) is 13.0 Å². The number of para-hydroxylation sites is 2. The van der Waals surface area contributed by atoms with Gasteiger partial charge in [0.25, 0.3) is 5.22 Å². The summed E-state index contributed by atoms with van der Waals surface area (Å²) in [5.41, 5.74) is 2.19. The van der Waals surface area contributed by atoms with E-state index >= 15 is 0 Å². The zero-order valence-corrected chi connectivity index (χ0v) is 15.6. The van der Waals surface area contributed by atoms with E-state index < -0.39 is 17.2 Å². The Hall–Kier alpha value is -2.80. The van der Waals surface area contributed by atoms with Gasteiger partial charge in [-0.15, -0.1) is 0 Å². The van der Waals surface area contributed by atoms with E-state index in [9.17, 15) is 9.59 Å². The number of hydrogen-bond donors (Lipinski definition) is 0. The summed E-state index contributed by atoms with van der Waals surface area (Å²) in [4.78, 5) is 28.8. The molecule has 140 valence electrons. The molecule has 7 heteroatoms. The number of thioether (sulfide) groups is 1. The predicted octanol–water partition coefficient (Wildman–Crippen LogP) is 3.99. The molecule has 0 radical (unpaired) electrons. The molecule has 0 saturated carbocycles. The van der Waals surface area contributed by atoms with Gasteiger partial charge in [0.15, 0.2) is 5.58 Å². The van der Waals surface area contributed by atoms with Crippen molar-refractivity contribution in [1.29, 1.82) is 0 Å². The number of ether oxygens (including phenoxy) is 2. The molecule has 3 rings (SSSR count). The molecule has 1 atom stereocenters. The van der Waals surface area contributed by atoms with E-state index in [1.54, 1.807) is 13.0 Å². The second-order valence-corrected chi connectivity index (χ2v) is 6.81. The highest BCUT2D eigenvalue weighted by Gasteiger charge is 2.27. The molecule has 0 saturated heterocycles. The Morgan fingerprint density at radius 2 is 1.81 bits per heavy atom. The number of rotatable bonds is 8. The minimum absolute atomic E-state index is 0.130. The maximum absolute atomic E-state index is 12.3. The highest BCUT2D eigenvalue weighted by molar-refractivity contribution is 8.00. The molecule has 0 aliphatic carbocycles. The molecule has 2 aromatic carbocycles. The molecule has 1 heterocycles. The van der Waals surface area contributed by atoms with Crippen molar-refractivity contribution < 1.29 is 23.5 Å². The minimum Gasteiger partial charge on any atom is -0.465 e. The molecule has 0 amide bonds. The third kappa shape index (κ3) is 5.34. The fourth-order valence-corrected chi connectivity index (χ4v) is 3.30. The van der Waals surface area contributed by atoms with Crippen LogP contribution in [0.3, 0.4) is 0 Å². The molecule has 0 aliphatic rings. The van der Waals surface area contributed by atoms with Crippen LogP contribution >= 0.6 is 11.8 Å². The summed E-state index contributed by atoms with van der Waals surface area (Å²) < 4.78 is 16.0. The number of esters is 2. The van der Waals surface area contributed by atoms with Crippen LogP contribution in [0.5, 0.6) is 0 Å². The number of aromatic nitrogens is 1. The van der Waals surface area contributed by atoms with Crippen LogP contribution in [-0.4, -0.2) is 28.8 Å². The van der Waals surface area contributed by atoms with Crippen molar-refractivity contribution in [2.24, 2.45) is 0 Å². The quantitative estimate of drug-likeness (QED) is 0.428. The van der Waals surface area contributed by atoms with Gasteiger partial charge in [0.1, 0.15) is 17.4 Å². The minimum atomic E-state index is -0.790. The van der Waals surface area contributed by atoms with E-state index in [1.165, 1.54) is 0 Å². The van der Waals surface area contributed by atoms with Crippen LogP contribution in [0.15, 0.2) is 64.2 Å². The Morgan fingerprint density at radius 3 is 2.56 bits per heavy atom. The summed E-state index contributed by atoms with van der Waals surface area (Å²) in [6.45, 7) is 2.10. The van der Waals surface area contributed by atoms with Gasteiger partial charge in [-0.25, -0.2) is 4.98 Å². The number of carbonyl (C=O) groups is 2. The first-order valence-corrected chi connectivity index (χ1v) is 9.42. The predicted molar refractivity (Wildman–Crippen MR) is 101 cm³/mol. The van der Waals surface area contributed by atoms with Gasteiger partial charge in [-0.1, -0.05) is 54.2 Å². The Morgan fingerprint density at radius 1 is 1.07 bits per heavy atom. The van der Waals surface area contributed by atoms with Crippen molar-refractivity contribution in [3.05, 3.63) is 60.2 Å². The summed E-state index contributed by atoms with van der Waals surface area (Å²) in [6.07, 6.45) is -0.130. The number of nitrogens with zero attached hydrogens (tertiary/aromatic N) is 1. The Balaban J connectivity index is 1.65. The molecule has 0 N–H and O–H groups in total. The molecule has 0 bridgehead atoms. The fraction of sp³-hybridized carbons (Fsp3) is 0.250. The first-order chi connectivity index (χ1) is 13.2. The lowest BCUT2D eigenvalue weighted by molar-refractivity contribution is -0.150. The van der Waals surface area contributed by atoms with Crippen LogP contribution in [0, 0.1) is 0 Å². The van der Waals surface area contributed by atoms with Gasteiger partial charge in [0.2, 0.25) is 0 Å². The lowest BCUT2D eigenvalue weighted by atomic mass is 10.2. The van der Waals surface area contributed by atoms with Gasteiger partial charge >= 0.3 is 11.9 Å². The molecule has 27 heavy (non-hydrogen) atoms. The first kappa shape index (κ1) is 19.0. The van der Waals surface area contributed by atoms with E-state index in [-0.39, 0.29) is 19.6 Å². The highest BCUT2D eigenvalue weighted by atomic mass is 32.2. The SMILES string of the molecule is CCOC(=O)C(CC(=O)OCc1ccccc1)Sc1nc2ccccc2o1. The molecule has 0 spiro atoms. The van der Waals surface area contributed by atoms with E-state index in [4.69, 9.17) is 13.9 Å².